The molecule has 0 aromatic heterocycles. The summed E-state index contributed by atoms with van der Waals surface area (Å²) in [7, 11) is -3.05. The number of sulfonamides is 1. The Hall–Kier alpha value is 0.200. The van der Waals surface area contributed by atoms with Crippen LogP contribution in [0.1, 0.15) is 44.9 Å². The normalized spacial score (nSPS) is 18.8. The third kappa shape index (κ3) is 6.06. The van der Waals surface area contributed by atoms with Crippen molar-refractivity contribution in [1.29, 1.82) is 0 Å². The summed E-state index contributed by atoms with van der Waals surface area (Å²) in [6, 6.07) is 0. The lowest BCUT2D eigenvalue weighted by atomic mass is 9.91. The van der Waals surface area contributed by atoms with E-state index in [2.05, 4.69) is 4.72 Å². The molecule has 0 spiro atoms. The molecule has 0 amide bonds. The van der Waals surface area contributed by atoms with Gasteiger partial charge in [0.1, 0.15) is 0 Å². The van der Waals surface area contributed by atoms with Crippen LogP contribution < -0.4 is 4.72 Å². The molecule has 0 aromatic rings. The zero-order valence-electron chi connectivity index (χ0n) is 9.75. The zero-order chi connectivity index (χ0) is 11.9. The molecule has 0 saturated heterocycles. The van der Waals surface area contributed by atoms with Gasteiger partial charge in [0.25, 0.3) is 0 Å². The molecule has 5 heteroatoms. The van der Waals surface area contributed by atoms with Crippen LogP contribution in [-0.2, 0) is 10.0 Å². The van der Waals surface area contributed by atoms with E-state index in [4.69, 9.17) is 11.6 Å². The van der Waals surface area contributed by atoms with Crippen molar-refractivity contribution in [3.63, 3.8) is 0 Å². The van der Waals surface area contributed by atoms with E-state index in [0.717, 1.165) is 25.7 Å². The van der Waals surface area contributed by atoms with Crippen LogP contribution in [0.25, 0.3) is 0 Å². The minimum Gasteiger partial charge on any atom is -0.215 e. The highest BCUT2D eigenvalue weighted by Crippen LogP contribution is 2.24. The minimum atomic E-state index is -3.05. The predicted octanol–water partition coefficient (Wildman–Crippen LogP) is 2.51. The Morgan fingerprint density at radius 3 is 2.44 bits per heavy atom. The van der Waals surface area contributed by atoms with Gasteiger partial charge in [-0.3, -0.25) is 0 Å². The van der Waals surface area contributed by atoms with E-state index in [-0.39, 0.29) is 0 Å². The fraction of sp³-hybridized carbons (Fsp3) is 1.00. The van der Waals surface area contributed by atoms with Crippen molar-refractivity contribution >= 4 is 21.6 Å². The van der Waals surface area contributed by atoms with Gasteiger partial charge in [0.2, 0.25) is 10.0 Å². The van der Waals surface area contributed by atoms with Crippen molar-refractivity contribution in [3.8, 4) is 0 Å². The average Bonchev–Trinajstić information content (AvgIpc) is 2.25. The van der Waals surface area contributed by atoms with Gasteiger partial charge in [-0.2, -0.15) is 0 Å². The maximum atomic E-state index is 11.7. The van der Waals surface area contributed by atoms with Gasteiger partial charge in [0, 0.05) is 12.4 Å². The van der Waals surface area contributed by atoms with Gasteiger partial charge < -0.3 is 0 Å². The third-order valence-electron chi connectivity index (χ3n) is 3.06. The lowest BCUT2D eigenvalue weighted by molar-refractivity contribution is 0.384. The standard InChI is InChI=1S/C11H22ClNO2S/c12-8-4-5-9-13-16(14,15)10-11-6-2-1-3-7-11/h11,13H,1-10H2. The molecule has 1 N–H and O–H groups in total. The van der Waals surface area contributed by atoms with Gasteiger partial charge in [-0.25, -0.2) is 13.1 Å². The second-order valence-corrected chi connectivity index (χ2v) is 6.81. The van der Waals surface area contributed by atoms with Gasteiger partial charge in [0.05, 0.1) is 5.75 Å². The lowest BCUT2D eigenvalue weighted by Gasteiger charge is -2.21. The van der Waals surface area contributed by atoms with Crippen molar-refractivity contribution in [1.82, 2.24) is 4.72 Å². The van der Waals surface area contributed by atoms with Gasteiger partial charge in [-0.05, 0) is 31.6 Å². The molecule has 1 fully saturated rings. The molecule has 1 rings (SSSR count). The summed E-state index contributed by atoms with van der Waals surface area (Å²) < 4.78 is 26.1. The molecule has 0 unspecified atom stereocenters. The molecule has 16 heavy (non-hydrogen) atoms. The summed E-state index contributed by atoms with van der Waals surface area (Å²) in [5, 5.41) is 0. The van der Waals surface area contributed by atoms with E-state index in [1.165, 1.54) is 19.3 Å². The molecular weight excluding hydrogens is 246 g/mol. The molecule has 0 radical (unpaired) electrons. The van der Waals surface area contributed by atoms with Crippen LogP contribution in [0.4, 0.5) is 0 Å². The Kier molecular flexibility index (Phi) is 6.70. The largest absolute Gasteiger partial charge is 0.215 e. The van der Waals surface area contributed by atoms with Crippen LogP contribution in [0.15, 0.2) is 0 Å². The zero-order valence-corrected chi connectivity index (χ0v) is 11.3. The van der Waals surface area contributed by atoms with Crippen LogP contribution >= 0.6 is 11.6 Å². The molecule has 0 heterocycles. The lowest BCUT2D eigenvalue weighted by Crippen LogP contribution is -2.31. The van der Waals surface area contributed by atoms with Crippen molar-refractivity contribution in [2.45, 2.75) is 44.9 Å². The number of alkyl halides is 1. The fourth-order valence-electron chi connectivity index (χ4n) is 2.17. The summed E-state index contributed by atoms with van der Waals surface area (Å²) in [5.41, 5.74) is 0. The second-order valence-electron chi connectivity index (χ2n) is 4.58. The first-order chi connectivity index (χ1) is 7.64. The number of rotatable bonds is 7. The first kappa shape index (κ1) is 14.3. The number of nitrogens with one attached hydrogen (secondary N) is 1. The van der Waals surface area contributed by atoms with Gasteiger partial charge in [-0.1, -0.05) is 19.3 Å². The molecule has 0 aromatic carbocycles. The van der Waals surface area contributed by atoms with Crippen molar-refractivity contribution < 1.29 is 8.42 Å². The van der Waals surface area contributed by atoms with E-state index in [9.17, 15) is 8.42 Å². The molecule has 0 atom stereocenters. The summed E-state index contributed by atoms with van der Waals surface area (Å²) in [4.78, 5) is 0. The Labute approximate surface area is 104 Å². The van der Waals surface area contributed by atoms with Crippen LogP contribution in [0.2, 0.25) is 0 Å². The molecule has 0 bridgehead atoms. The van der Waals surface area contributed by atoms with E-state index >= 15 is 0 Å². The van der Waals surface area contributed by atoms with Gasteiger partial charge >= 0.3 is 0 Å². The van der Waals surface area contributed by atoms with Crippen LogP contribution in [0.3, 0.4) is 0 Å². The number of hydrogen-bond acceptors (Lipinski definition) is 2. The molecule has 96 valence electrons. The first-order valence-corrected chi connectivity index (χ1v) is 8.36. The Balaban J connectivity index is 2.22. The van der Waals surface area contributed by atoms with E-state index in [0.29, 0.717) is 24.1 Å². The van der Waals surface area contributed by atoms with Crippen molar-refractivity contribution in [2.75, 3.05) is 18.2 Å². The maximum Gasteiger partial charge on any atom is 0.211 e. The molecular formula is C11H22ClNO2S. The SMILES string of the molecule is O=S(=O)(CC1CCCCC1)NCCCCCl. The first-order valence-electron chi connectivity index (χ1n) is 6.17. The quantitative estimate of drug-likeness (QED) is 0.569. The summed E-state index contributed by atoms with van der Waals surface area (Å²) >= 11 is 5.53. The molecule has 3 nitrogen and oxygen atoms in total. The highest BCUT2D eigenvalue weighted by atomic mass is 35.5. The second kappa shape index (κ2) is 7.51. The molecule has 1 saturated carbocycles. The monoisotopic (exact) mass is 267 g/mol. The summed E-state index contributed by atoms with van der Waals surface area (Å²) in [6.45, 7) is 0.530. The highest BCUT2D eigenvalue weighted by Gasteiger charge is 2.20. The van der Waals surface area contributed by atoms with E-state index < -0.39 is 10.0 Å². The average molecular weight is 268 g/mol. The number of unbranched alkanes of at least 4 members (excludes halogenated alkanes) is 1. The maximum absolute atomic E-state index is 11.7. The van der Waals surface area contributed by atoms with Crippen LogP contribution in [0, 0.1) is 5.92 Å². The topological polar surface area (TPSA) is 46.2 Å². The van der Waals surface area contributed by atoms with Crippen LogP contribution in [0.5, 0.6) is 0 Å². The third-order valence-corrected chi connectivity index (χ3v) is 4.88. The Morgan fingerprint density at radius 1 is 1.12 bits per heavy atom. The van der Waals surface area contributed by atoms with Crippen LogP contribution in [-0.4, -0.2) is 26.6 Å². The summed E-state index contributed by atoms with van der Waals surface area (Å²) in [5.74, 6) is 1.29. The fourth-order valence-corrected chi connectivity index (χ4v) is 3.89. The molecule has 1 aliphatic carbocycles. The molecule has 0 aliphatic heterocycles. The van der Waals surface area contributed by atoms with Crippen molar-refractivity contribution in [3.05, 3.63) is 0 Å². The van der Waals surface area contributed by atoms with Gasteiger partial charge in [0.15, 0.2) is 0 Å². The Morgan fingerprint density at radius 2 is 1.81 bits per heavy atom. The molecule has 1 aliphatic rings. The van der Waals surface area contributed by atoms with E-state index in [1.807, 2.05) is 0 Å². The van der Waals surface area contributed by atoms with E-state index in [1.54, 1.807) is 0 Å². The smallest absolute Gasteiger partial charge is 0.211 e. The number of halogens is 1. The van der Waals surface area contributed by atoms with Gasteiger partial charge in [-0.15, -0.1) is 11.6 Å². The number of hydrogen-bond donors (Lipinski definition) is 1. The predicted molar refractivity (Wildman–Crippen MR) is 68.3 cm³/mol. The Bertz CT molecular complexity index is 274. The highest BCUT2D eigenvalue weighted by molar-refractivity contribution is 7.89. The summed E-state index contributed by atoms with van der Waals surface area (Å²) in [6.07, 6.45) is 7.48. The van der Waals surface area contributed by atoms with Crippen molar-refractivity contribution in [2.24, 2.45) is 5.92 Å². The minimum absolute atomic E-state index is 0.313.